The van der Waals surface area contributed by atoms with Gasteiger partial charge in [-0.1, -0.05) is 6.07 Å². The minimum atomic E-state index is -0.977. The van der Waals surface area contributed by atoms with Crippen LogP contribution in [0.3, 0.4) is 0 Å². The van der Waals surface area contributed by atoms with Crippen LogP contribution >= 0.6 is 0 Å². The maximum atomic E-state index is 11.8. The van der Waals surface area contributed by atoms with Crippen molar-refractivity contribution in [2.45, 2.75) is 20.3 Å². The average molecular weight is 251 g/mol. The quantitative estimate of drug-likeness (QED) is 0.808. The fraction of sp³-hybridized carbons (Fsp3) is 0.385. The van der Waals surface area contributed by atoms with Gasteiger partial charge in [-0.25, -0.2) is 4.79 Å². The Bertz CT molecular complexity index is 501. The molecule has 2 rings (SSSR count). The van der Waals surface area contributed by atoms with E-state index in [0.717, 1.165) is 16.8 Å². The first-order valence-electron chi connectivity index (χ1n) is 5.73. The third-order valence-corrected chi connectivity index (χ3v) is 3.34. The lowest BCUT2D eigenvalue weighted by atomic mass is 10.1. The van der Waals surface area contributed by atoms with Crippen LogP contribution in [-0.2, 0) is 14.5 Å². The van der Waals surface area contributed by atoms with E-state index in [0.29, 0.717) is 0 Å². The maximum absolute atomic E-state index is 11.8. The van der Waals surface area contributed by atoms with Crippen LogP contribution in [-0.4, -0.2) is 18.4 Å². The van der Waals surface area contributed by atoms with Crippen LogP contribution in [0.15, 0.2) is 18.2 Å². The number of benzene rings is 1. The minimum Gasteiger partial charge on any atom is -0.312 e. The van der Waals surface area contributed by atoms with Gasteiger partial charge in [-0.3, -0.25) is 9.74 Å². The Morgan fingerprint density at radius 2 is 2.11 bits per heavy atom. The standard InChI is InChI=1S/C13H14FNO3/c1-8-3-4-11(5-9(8)2)15-7-10(6-12(15)16)13(17)18-14/h3-5,10H,6-7H2,1-2H3. The third-order valence-electron chi connectivity index (χ3n) is 3.34. The van der Waals surface area contributed by atoms with E-state index in [1.807, 2.05) is 32.0 Å². The van der Waals surface area contributed by atoms with Gasteiger partial charge in [0.25, 0.3) is 0 Å². The maximum Gasteiger partial charge on any atom is 0.354 e. The van der Waals surface area contributed by atoms with E-state index in [9.17, 15) is 14.1 Å². The number of carbonyl (C=O) groups excluding carboxylic acids is 2. The van der Waals surface area contributed by atoms with Crippen LogP contribution in [0.4, 0.5) is 10.2 Å². The molecule has 0 aliphatic carbocycles. The fourth-order valence-corrected chi connectivity index (χ4v) is 2.07. The van der Waals surface area contributed by atoms with Gasteiger partial charge in [-0.05, 0) is 37.1 Å². The minimum absolute atomic E-state index is 0.00429. The van der Waals surface area contributed by atoms with Crippen molar-refractivity contribution in [3.05, 3.63) is 29.3 Å². The number of nitrogens with zero attached hydrogens (tertiary/aromatic N) is 1. The van der Waals surface area contributed by atoms with Crippen molar-refractivity contribution in [1.82, 2.24) is 0 Å². The van der Waals surface area contributed by atoms with Crippen molar-refractivity contribution < 1.29 is 19.1 Å². The van der Waals surface area contributed by atoms with Crippen LogP contribution in [0.2, 0.25) is 0 Å². The molecule has 1 aromatic carbocycles. The molecule has 1 heterocycles. The molecule has 4 nitrogen and oxygen atoms in total. The first-order chi connectivity index (χ1) is 8.52. The van der Waals surface area contributed by atoms with E-state index >= 15 is 0 Å². The summed E-state index contributed by atoms with van der Waals surface area (Å²) in [6.45, 7) is 4.10. The molecule has 18 heavy (non-hydrogen) atoms. The van der Waals surface area contributed by atoms with E-state index in [1.54, 1.807) is 0 Å². The normalized spacial score (nSPS) is 19.2. The molecule has 1 aliphatic heterocycles. The summed E-state index contributed by atoms with van der Waals surface area (Å²) in [6, 6.07) is 5.62. The van der Waals surface area contributed by atoms with Crippen molar-refractivity contribution in [1.29, 1.82) is 0 Å². The van der Waals surface area contributed by atoms with Gasteiger partial charge < -0.3 is 4.90 Å². The molecule has 5 heteroatoms. The van der Waals surface area contributed by atoms with Crippen molar-refractivity contribution >= 4 is 17.6 Å². The summed E-state index contributed by atoms with van der Waals surface area (Å²) < 4.78 is 11.8. The summed E-state index contributed by atoms with van der Waals surface area (Å²) in [6.07, 6.45) is -0.00429. The van der Waals surface area contributed by atoms with Crippen molar-refractivity contribution in [3.63, 3.8) is 0 Å². The molecule has 1 amide bonds. The number of aryl methyl sites for hydroxylation is 2. The Kier molecular flexibility index (Phi) is 3.32. The Morgan fingerprint density at radius 3 is 2.72 bits per heavy atom. The number of halogens is 1. The van der Waals surface area contributed by atoms with E-state index < -0.39 is 11.9 Å². The number of carbonyl (C=O) groups is 2. The molecule has 0 saturated carbocycles. The largest absolute Gasteiger partial charge is 0.354 e. The monoisotopic (exact) mass is 251 g/mol. The molecule has 1 aliphatic rings. The zero-order valence-electron chi connectivity index (χ0n) is 10.3. The van der Waals surface area contributed by atoms with Gasteiger partial charge in [0, 0.05) is 23.2 Å². The molecule has 0 N–H and O–H groups in total. The second-order valence-electron chi connectivity index (χ2n) is 4.57. The molecule has 1 atom stereocenters. The summed E-state index contributed by atoms with van der Waals surface area (Å²) in [7, 11) is 0. The van der Waals surface area contributed by atoms with Gasteiger partial charge in [-0.2, -0.15) is 0 Å². The van der Waals surface area contributed by atoms with Crippen LogP contribution in [0, 0.1) is 19.8 Å². The second kappa shape index (κ2) is 4.76. The van der Waals surface area contributed by atoms with E-state index in [2.05, 4.69) is 4.94 Å². The summed E-state index contributed by atoms with van der Waals surface area (Å²) in [4.78, 5) is 27.6. The topological polar surface area (TPSA) is 46.6 Å². The van der Waals surface area contributed by atoms with Crippen molar-refractivity contribution in [2.75, 3.05) is 11.4 Å². The smallest absolute Gasteiger partial charge is 0.312 e. The Morgan fingerprint density at radius 1 is 1.39 bits per heavy atom. The molecule has 1 fully saturated rings. The molecule has 1 unspecified atom stereocenters. The molecule has 0 radical (unpaired) electrons. The van der Waals surface area contributed by atoms with Gasteiger partial charge in [0.15, 0.2) is 0 Å². The summed E-state index contributed by atoms with van der Waals surface area (Å²) in [5.41, 5.74) is 2.93. The van der Waals surface area contributed by atoms with Crippen LogP contribution in [0.5, 0.6) is 0 Å². The zero-order valence-corrected chi connectivity index (χ0v) is 10.3. The molecule has 1 saturated heterocycles. The van der Waals surface area contributed by atoms with Gasteiger partial charge in [0.1, 0.15) is 0 Å². The summed E-state index contributed by atoms with van der Waals surface area (Å²) in [5, 5.41) is 0. The number of anilines is 1. The summed E-state index contributed by atoms with van der Waals surface area (Å²) in [5.74, 6) is -1.88. The van der Waals surface area contributed by atoms with Crippen LogP contribution < -0.4 is 4.90 Å². The van der Waals surface area contributed by atoms with E-state index in [1.165, 1.54) is 4.90 Å². The van der Waals surface area contributed by atoms with E-state index in [-0.39, 0.29) is 18.9 Å². The first-order valence-corrected chi connectivity index (χ1v) is 5.73. The SMILES string of the molecule is Cc1ccc(N2CC(C(=O)OF)CC2=O)cc1C. The Balaban J connectivity index is 2.21. The van der Waals surface area contributed by atoms with Crippen LogP contribution in [0.25, 0.3) is 0 Å². The Labute approximate surface area is 104 Å². The highest BCUT2D eigenvalue weighted by Crippen LogP contribution is 2.27. The number of amides is 1. The lowest BCUT2D eigenvalue weighted by Gasteiger charge is -2.17. The van der Waals surface area contributed by atoms with Gasteiger partial charge in [0.05, 0.1) is 5.92 Å². The van der Waals surface area contributed by atoms with Gasteiger partial charge in [-0.15, -0.1) is 0 Å². The Hall–Kier alpha value is -1.91. The van der Waals surface area contributed by atoms with Gasteiger partial charge in [0.2, 0.25) is 5.91 Å². The molecule has 96 valence electrons. The van der Waals surface area contributed by atoms with E-state index in [4.69, 9.17) is 0 Å². The number of hydrogen-bond donors (Lipinski definition) is 0. The lowest BCUT2D eigenvalue weighted by Crippen LogP contribution is -2.26. The number of rotatable bonds is 2. The molecular formula is C13H14FNO3. The number of hydrogen-bond acceptors (Lipinski definition) is 3. The fourth-order valence-electron chi connectivity index (χ4n) is 2.07. The molecule has 1 aromatic rings. The molecule has 0 bridgehead atoms. The predicted molar refractivity (Wildman–Crippen MR) is 63.6 cm³/mol. The molecular weight excluding hydrogens is 237 g/mol. The lowest BCUT2D eigenvalue weighted by molar-refractivity contribution is -0.188. The first kappa shape index (κ1) is 12.5. The van der Waals surface area contributed by atoms with Crippen molar-refractivity contribution in [2.24, 2.45) is 5.92 Å². The van der Waals surface area contributed by atoms with Gasteiger partial charge >= 0.3 is 5.97 Å². The average Bonchev–Trinajstić information content (AvgIpc) is 2.74. The molecule has 0 aromatic heterocycles. The highest BCUT2D eigenvalue weighted by atomic mass is 19.3. The second-order valence-corrected chi connectivity index (χ2v) is 4.57. The third kappa shape index (κ3) is 2.20. The highest BCUT2D eigenvalue weighted by molar-refractivity contribution is 5.99. The zero-order chi connectivity index (χ0) is 13.3. The summed E-state index contributed by atoms with van der Waals surface area (Å²) >= 11 is 0. The van der Waals surface area contributed by atoms with Crippen LogP contribution in [0.1, 0.15) is 17.5 Å². The molecule has 0 spiro atoms. The predicted octanol–water partition coefficient (Wildman–Crippen LogP) is 2.08. The highest BCUT2D eigenvalue weighted by Gasteiger charge is 2.36. The van der Waals surface area contributed by atoms with Crippen molar-refractivity contribution in [3.8, 4) is 0 Å².